The molecule has 0 saturated heterocycles. The largest absolute Gasteiger partial charge is 0.456 e. The number of aliphatic imine (C=N–C) groups is 2. The smallest absolute Gasteiger partial charge is 0.180 e. The Morgan fingerprint density at radius 1 is 0.492 bits per heavy atom. The van der Waals surface area contributed by atoms with Gasteiger partial charge in [-0.05, 0) is 60.2 Å². The van der Waals surface area contributed by atoms with Crippen LogP contribution in [0.1, 0.15) is 22.9 Å². The van der Waals surface area contributed by atoms with Gasteiger partial charge in [-0.15, -0.1) is 0 Å². The van der Waals surface area contributed by atoms with E-state index in [1.807, 2.05) is 84.9 Å². The number of hydrogen-bond donors (Lipinski definition) is 1. The molecule has 8 nitrogen and oxygen atoms in total. The normalized spacial score (nSPS) is 14.2. The van der Waals surface area contributed by atoms with Crippen LogP contribution in [0.5, 0.6) is 0 Å². The SMILES string of the molecule is c1ccc(C2=NC(c3ccccc3)NC(c3cccc4oc5cc(-c6nc(-c7ccc8c9ccccc9n(-c9ccccc9)c8c7)nc7c6oc6ccccc67)ccc5c34)=N2)cc1. The molecule has 0 spiro atoms. The number of aromatic nitrogens is 3. The Kier molecular flexibility index (Phi) is 7.80. The highest BCUT2D eigenvalue weighted by molar-refractivity contribution is 6.22. The van der Waals surface area contributed by atoms with Crippen LogP contribution in [0.4, 0.5) is 0 Å². The Balaban J connectivity index is 0.976. The molecule has 0 aliphatic carbocycles. The van der Waals surface area contributed by atoms with Gasteiger partial charge >= 0.3 is 0 Å². The average molecular weight is 811 g/mol. The lowest BCUT2D eigenvalue weighted by atomic mass is 10.0. The van der Waals surface area contributed by atoms with Gasteiger partial charge in [-0.25, -0.2) is 20.0 Å². The van der Waals surface area contributed by atoms with Crippen molar-refractivity contribution in [3.63, 3.8) is 0 Å². The molecule has 296 valence electrons. The molecule has 1 aliphatic heterocycles. The lowest BCUT2D eigenvalue weighted by Crippen LogP contribution is -2.33. The summed E-state index contributed by atoms with van der Waals surface area (Å²) >= 11 is 0. The van der Waals surface area contributed by atoms with Crippen molar-refractivity contribution in [2.45, 2.75) is 6.17 Å². The number of amidine groups is 2. The van der Waals surface area contributed by atoms with E-state index in [0.29, 0.717) is 22.9 Å². The van der Waals surface area contributed by atoms with Crippen molar-refractivity contribution in [1.82, 2.24) is 19.9 Å². The number of nitrogens with one attached hydrogen (secondary N) is 1. The van der Waals surface area contributed by atoms with E-state index in [1.165, 1.54) is 5.39 Å². The summed E-state index contributed by atoms with van der Waals surface area (Å²) < 4.78 is 15.6. The average Bonchev–Trinajstić information content (AvgIpc) is 4.03. The lowest BCUT2D eigenvalue weighted by molar-refractivity contribution is 0.666. The molecule has 1 unspecified atom stereocenters. The van der Waals surface area contributed by atoms with Crippen molar-refractivity contribution in [2.24, 2.45) is 9.98 Å². The van der Waals surface area contributed by atoms with E-state index >= 15 is 0 Å². The van der Waals surface area contributed by atoms with Crippen molar-refractivity contribution < 1.29 is 8.83 Å². The van der Waals surface area contributed by atoms with Crippen molar-refractivity contribution in [3.05, 3.63) is 211 Å². The molecular formula is C55H34N6O2. The first-order valence-electron chi connectivity index (χ1n) is 21.0. The zero-order chi connectivity index (χ0) is 41.4. The van der Waals surface area contributed by atoms with Gasteiger partial charge in [-0.1, -0.05) is 140 Å². The fourth-order valence-corrected chi connectivity index (χ4v) is 9.16. The number of hydrogen-bond acceptors (Lipinski definition) is 7. The standard InChI is InChI=1S/C55H34N6O2/c1-4-15-33(16-5-1)52-58-53(34-17-6-2-7-18-34)60-55(59-52)42-23-14-26-46-48(42)40-30-27-35(32-47(40)62-46)49-51-50(41-22-11-13-25-45(41)63-51)57-54(56-49)36-28-29-39-38-21-10-12-24-43(38)61(44(39)31-36)37-19-8-3-9-20-37/h1-32,52H,(H,58,59,60). The van der Waals surface area contributed by atoms with Crippen LogP contribution in [0.15, 0.2) is 213 Å². The first-order valence-corrected chi connectivity index (χ1v) is 21.0. The highest BCUT2D eigenvalue weighted by atomic mass is 16.3. The van der Waals surface area contributed by atoms with Crippen LogP contribution in [0.25, 0.3) is 94.1 Å². The Hall–Kier alpha value is -8.62. The predicted octanol–water partition coefficient (Wildman–Crippen LogP) is 13.2. The summed E-state index contributed by atoms with van der Waals surface area (Å²) in [5, 5.41) is 8.85. The summed E-state index contributed by atoms with van der Waals surface area (Å²) in [6.07, 6.45) is -0.325. The van der Waals surface area contributed by atoms with Gasteiger partial charge in [-0.2, -0.15) is 0 Å². The van der Waals surface area contributed by atoms with Crippen LogP contribution >= 0.6 is 0 Å². The molecule has 0 radical (unpaired) electrons. The molecule has 4 aromatic heterocycles. The zero-order valence-electron chi connectivity index (χ0n) is 33.6. The monoisotopic (exact) mass is 810 g/mol. The minimum atomic E-state index is -0.325. The second-order valence-corrected chi connectivity index (χ2v) is 15.8. The quantitative estimate of drug-likeness (QED) is 0.180. The van der Waals surface area contributed by atoms with E-state index in [2.05, 4.69) is 119 Å². The number of rotatable bonds is 6. The molecule has 0 fully saturated rings. The molecule has 0 saturated carbocycles. The van der Waals surface area contributed by atoms with Crippen molar-refractivity contribution in [1.29, 1.82) is 0 Å². The number of furan rings is 2. The molecule has 0 bridgehead atoms. The van der Waals surface area contributed by atoms with E-state index < -0.39 is 0 Å². The highest BCUT2D eigenvalue weighted by Gasteiger charge is 2.25. The molecule has 13 rings (SSSR count). The second kappa shape index (κ2) is 14.0. The van der Waals surface area contributed by atoms with Gasteiger partial charge in [0.15, 0.2) is 17.2 Å². The third-order valence-electron chi connectivity index (χ3n) is 12.1. The molecule has 8 aromatic carbocycles. The number of benzene rings is 8. The fourth-order valence-electron chi connectivity index (χ4n) is 9.16. The lowest BCUT2D eigenvalue weighted by Gasteiger charge is -2.24. The van der Waals surface area contributed by atoms with Gasteiger partial charge in [0.2, 0.25) is 0 Å². The minimum Gasteiger partial charge on any atom is -0.456 e. The minimum absolute atomic E-state index is 0.325. The zero-order valence-corrected chi connectivity index (χ0v) is 33.6. The molecule has 5 heterocycles. The Labute approximate surface area is 360 Å². The van der Waals surface area contributed by atoms with E-state index in [0.717, 1.165) is 94.2 Å². The van der Waals surface area contributed by atoms with Gasteiger partial charge in [0.25, 0.3) is 0 Å². The van der Waals surface area contributed by atoms with Gasteiger partial charge in [0.1, 0.15) is 40.0 Å². The van der Waals surface area contributed by atoms with Crippen LogP contribution in [-0.2, 0) is 0 Å². The fraction of sp³-hybridized carbons (Fsp3) is 0.0182. The molecule has 12 aromatic rings. The number of fused-ring (bicyclic) bond motifs is 9. The summed E-state index contributed by atoms with van der Waals surface area (Å²) in [7, 11) is 0. The van der Waals surface area contributed by atoms with Crippen molar-refractivity contribution in [2.75, 3.05) is 0 Å². The summed E-state index contributed by atoms with van der Waals surface area (Å²) in [6.45, 7) is 0. The van der Waals surface area contributed by atoms with Crippen molar-refractivity contribution in [3.8, 4) is 28.3 Å². The molecule has 1 atom stereocenters. The van der Waals surface area contributed by atoms with Gasteiger partial charge in [0.05, 0.1) is 11.0 Å². The first kappa shape index (κ1) is 35.2. The van der Waals surface area contributed by atoms with Gasteiger partial charge in [0, 0.05) is 54.9 Å². The Morgan fingerprint density at radius 2 is 1.19 bits per heavy atom. The van der Waals surface area contributed by atoms with Gasteiger partial charge < -0.3 is 18.7 Å². The molecule has 63 heavy (non-hydrogen) atoms. The maximum Gasteiger partial charge on any atom is 0.180 e. The summed E-state index contributed by atoms with van der Waals surface area (Å²) in [4.78, 5) is 20.7. The van der Waals surface area contributed by atoms with Gasteiger partial charge in [-0.3, -0.25) is 0 Å². The molecule has 1 aliphatic rings. The second-order valence-electron chi connectivity index (χ2n) is 15.8. The molecule has 0 amide bonds. The third-order valence-corrected chi connectivity index (χ3v) is 12.1. The Bertz CT molecular complexity index is 3830. The van der Waals surface area contributed by atoms with Crippen LogP contribution in [0.3, 0.4) is 0 Å². The summed E-state index contributed by atoms with van der Waals surface area (Å²) in [6, 6.07) is 66.3. The maximum atomic E-state index is 6.70. The Morgan fingerprint density at radius 3 is 2.05 bits per heavy atom. The van der Waals surface area contributed by atoms with Crippen LogP contribution in [0.2, 0.25) is 0 Å². The maximum absolute atomic E-state index is 6.70. The van der Waals surface area contributed by atoms with Crippen LogP contribution in [-0.4, -0.2) is 26.2 Å². The first-order chi connectivity index (χ1) is 31.2. The highest BCUT2D eigenvalue weighted by Crippen LogP contribution is 2.40. The molecule has 1 N–H and O–H groups in total. The number of para-hydroxylation sites is 3. The predicted molar refractivity (Wildman–Crippen MR) is 254 cm³/mol. The molecular weight excluding hydrogens is 777 g/mol. The van der Waals surface area contributed by atoms with Crippen LogP contribution in [0, 0.1) is 0 Å². The van der Waals surface area contributed by atoms with E-state index in [9.17, 15) is 0 Å². The summed E-state index contributed by atoms with van der Waals surface area (Å²) in [5.41, 5.74) is 12.3. The van der Waals surface area contributed by atoms with Crippen molar-refractivity contribution >= 4 is 77.5 Å². The van der Waals surface area contributed by atoms with Crippen LogP contribution < -0.4 is 5.32 Å². The summed E-state index contributed by atoms with van der Waals surface area (Å²) in [5.74, 6) is 2.00. The number of nitrogens with zero attached hydrogens (tertiary/aromatic N) is 5. The van der Waals surface area contributed by atoms with E-state index in [4.69, 9.17) is 28.8 Å². The van der Waals surface area contributed by atoms with E-state index in [-0.39, 0.29) is 6.17 Å². The van der Waals surface area contributed by atoms with E-state index in [1.54, 1.807) is 0 Å². The molecule has 8 heteroatoms. The third kappa shape index (κ3) is 5.69. The topological polar surface area (TPSA) is 93.7 Å².